The molecule has 0 radical (unpaired) electrons. The number of aliphatic carboxylic acids is 1. The summed E-state index contributed by atoms with van der Waals surface area (Å²) in [5.41, 5.74) is 1.68. The van der Waals surface area contributed by atoms with E-state index < -0.39 is 18.3 Å². The molecule has 2 N–H and O–H groups in total. The molecular formula is C9H11F2NO2. The molecule has 0 saturated heterocycles. The summed E-state index contributed by atoms with van der Waals surface area (Å²) in [5.74, 6) is -5.78. The van der Waals surface area contributed by atoms with Crippen molar-refractivity contribution in [2.75, 3.05) is 0 Å². The van der Waals surface area contributed by atoms with E-state index in [1.165, 1.54) is 6.07 Å². The van der Waals surface area contributed by atoms with Crippen molar-refractivity contribution in [3.8, 4) is 0 Å². The van der Waals surface area contributed by atoms with Crippen molar-refractivity contribution in [3.63, 3.8) is 0 Å². The Balaban J connectivity index is 2.88. The highest BCUT2D eigenvalue weighted by Gasteiger charge is 2.39. The van der Waals surface area contributed by atoms with Crippen LogP contribution in [0.5, 0.6) is 0 Å². The van der Waals surface area contributed by atoms with Gasteiger partial charge in [0.1, 0.15) is 0 Å². The molecule has 0 fully saturated rings. The van der Waals surface area contributed by atoms with Crippen LogP contribution in [0.2, 0.25) is 0 Å². The molecule has 0 bridgehead atoms. The van der Waals surface area contributed by atoms with Gasteiger partial charge in [-0.05, 0) is 25.5 Å². The van der Waals surface area contributed by atoms with Crippen molar-refractivity contribution in [2.24, 2.45) is 0 Å². The van der Waals surface area contributed by atoms with E-state index >= 15 is 0 Å². The van der Waals surface area contributed by atoms with Crippen LogP contribution in [-0.4, -0.2) is 22.0 Å². The first-order valence-electron chi connectivity index (χ1n) is 4.09. The van der Waals surface area contributed by atoms with Crippen molar-refractivity contribution >= 4 is 5.97 Å². The second-order valence-corrected chi connectivity index (χ2v) is 3.29. The van der Waals surface area contributed by atoms with Crippen LogP contribution in [0, 0.1) is 13.8 Å². The molecule has 1 heterocycles. The monoisotopic (exact) mass is 203 g/mol. The van der Waals surface area contributed by atoms with Gasteiger partial charge in [-0.3, -0.25) is 0 Å². The number of aromatic nitrogens is 1. The van der Waals surface area contributed by atoms with Crippen molar-refractivity contribution in [1.29, 1.82) is 0 Å². The number of carbonyl (C=O) groups is 1. The maximum absolute atomic E-state index is 12.8. The standard InChI is InChI=1S/C9H11F2NO2/c1-5-3-7(6(2)12-5)4-9(10,11)8(13)14/h3,12H,4H2,1-2H3,(H,13,14). The van der Waals surface area contributed by atoms with Gasteiger partial charge in [-0.25, -0.2) is 4.79 Å². The number of alkyl halides is 2. The Morgan fingerprint density at radius 3 is 2.50 bits per heavy atom. The number of carboxylic acid groups (broad SMARTS) is 1. The topological polar surface area (TPSA) is 53.1 Å². The third-order valence-corrected chi connectivity index (χ3v) is 1.98. The van der Waals surface area contributed by atoms with Gasteiger partial charge in [-0.2, -0.15) is 8.78 Å². The third kappa shape index (κ3) is 2.10. The minimum atomic E-state index is -3.70. The van der Waals surface area contributed by atoms with Gasteiger partial charge in [0.15, 0.2) is 0 Å². The van der Waals surface area contributed by atoms with E-state index in [9.17, 15) is 13.6 Å². The van der Waals surface area contributed by atoms with Crippen molar-refractivity contribution in [3.05, 3.63) is 23.0 Å². The van der Waals surface area contributed by atoms with Gasteiger partial charge < -0.3 is 10.1 Å². The number of hydrogen-bond acceptors (Lipinski definition) is 1. The van der Waals surface area contributed by atoms with Crippen LogP contribution in [0.25, 0.3) is 0 Å². The summed E-state index contributed by atoms with van der Waals surface area (Å²) in [6.45, 7) is 3.37. The second kappa shape index (κ2) is 3.40. The minimum absolute atomic E-state index is 0.343. The maximum Gasteiger partial charge on any atom is 0.374 e. The summed E-state index contributed by atoms with van der Waals surface area (Å²) in [4.78, 5) is 13.0. The summed E-state index contributed by atoms with van der Waals surface area (Å²) in [6.07, 6.45) is -0.765. The van der Waals surface area contributed by atoms with Crippen LogP contribution in [0.1, 0.15) is 17.0 Å². The predicted molar refractivity (Wildman–Crippen MR) is 46.6 cm³/mol. The molecule has 0 aliphatic rings. The van der Waals surface area contributed by atoms with Crippen molar-refractivity contribution < 1.29 is 18.7 Å². The number of nitrogens with one attached hydrogen (secondary N) is 1. The van der Waals surface area contributed by atoms with Crippen LogP contribution in [0.4, 0.5) is 8.78 Å². The molecule has 1 aromatic rings. The molecule has 78 valence electrons. The lowest BCUT2D eigenvalue weighted by Gasteiger charge is -2.09. The molecule has 0 amide bonds. The summed E-state index contributed by atoms with van der Waals surface area (Å²) < 4.78 is 25.6. The Kier molecular flexibility index (Phi) is 2.59. The van der Waals surface area contributed by atoms with Gasteiger partial charge in [0.05, 0.1) is 0 Å². The second-order valence-electron chi connectivity index (χ2n) is 3.29. The van der Waals surface area contributed by atoms with Crippen LogP contribution < -0.4 is 0 Å². The highest BCUT2D eigenvalue weighted by Crippen LogP contribution is 2.22. The van der Waals surface area contributed by atoms with Gasteiger partial charge >= 0.3 is 11.9 Å². The largest absolute Gasteiger partial charge is 0.477 e. The smallest absolute Gasteiger partial charge is 0.374 e. The van der Waals surface area contributed by atoms with Crippen molar-refractivity contribution in [1.82, 2.24) is 4.98 Å². The van der Waals surface area contributed by atoms with Crippen molar-refractivity contribution in [2.45, 2.75) is 26.2 Å². The molecule has 1 rings (SSSR count). The average Bonchev–Trinajstić information content (AvgIpc) is 2.29. The predicted octanol–water partition coefficient (Wildman–Crippen LogP) is 1.89. The van der Waals surface area contributed by atoms with Gasteiger partial charge in [0, 0.05) is 17.8 Å². The lowest BCUT2D eigenvalue weighted by Crippen LogP contribution is -2.30. The molecule has 0 unspecified atom stereocenters. The molecule has 0 aromatic carbocycles. The highest BCUT2D eigenvalue weighted by atomic mass is 19.3. The molecule has 0 aliphatic carbocycles. The van der Waals surface area contributed by atoms with E-state index in [0.717, 1.165) is 5.69 Å². The van der Waals surface area contributed by atoms with Crippen LogP contribution in [-0.2, 0) is 11.2 Å². The Labute approximate surface area is 79.8 Å². The fraction of sp³-hybridized carbons (Fsp3) is 0.444. The number of H-pyrrole nitrogens is 1. The summed E-state index contributed by atoms with van der Waals surface area (Å²) >= 11 is 0. The summed E-state index contributed by atoms with van der Waals surface area (Å²) in [6, 6.07) is 1.53. The van der Waals surface area contributed by atoms with Gasteiger partial charge in [-0.15, -0.1) is 0 Å². The lowest BCUT2D eigenvalue weighted by molar-refractivity contribution is -0.164. The third-order valence-electron chi connectivity index (χ3n) is 1.98. The van der Waals surface area contributed by atoms with E-state index in [1.54, 1.807) is 13.8 Å². The zero-order valence-electron chi connectivity index (χ0n) is 7.90. The first-order chi connectivity index (χ1) is 6.33. The fourth-order valence-electron chi connectivity index (χ4n) is 1.28. The molecule has 0 spiro atoms. The molecule has 1 aromatic heterocycles. The Morgan fingerprint density at radius 1 is 1.57 bits per heavy atom. The molecule has 3 nitrogen and oxygen atoms in total. The molecular weight excluding hydrogens is 192 g/mol. The van der Waals surface area contributed by atoms with Gasteiger partial charge in [-0.1, -0.05) is 0 Å². The molecule has 0 atom stereocenters. The normalized spacial score (nSPS) is 11.7. The number of carboxylic acids is 1. The van der Waals surface area contributed by atoms with E-state index in [0.29, 0.717) is 11.3 Å². The number of rotatable bonds is 3. The summed E-state index contributed by atoms with van der Waals surface area (Å²) in [5, 5.41) is 8.24. The zero-order chi connectivity index (χ0) is 10.9. The first kappa shape index (κ1) is 10.7. The quantitative estimate of drug-likeness (QED) is 0.788. The average molecular weight is 203 g/mol. The number of hydrogen-bond donors (Lipinski definition) is 2. The molecule has 5 heteroatoms. The Hall–Kier alpha value is -1.39. The van der Waals surface area contributed by atoms with E-state index in [2.05, 4.69) is 4.98 Å². The van der Waals surface area contributed by atoms with Crippen LogP contribution in [0.3, 0.4) is 0 Å². The Morgan fingerprint density at radius 2 is 2.14 bits per heavy atom. The fourth-order valence-corrected chi connectivity index (χ4v) is 1.28. The molecule has 0 saturated carbocycles. The summed E-state index contributed by atoms with van der Waals surface area (Å²) in [7, 11) is 0. The molecule has 0 aliphatic heterocycles. The molecule has 14 heavy (non-hydrogen) atoms. The van der Waals surface area contributed by atoms with E-state index in [-0.39, 0.29) is 0 Å². The van der Waals surface area contributed by atoms with Crippen LogP contribution in [0.15, 0.2) is 6.07 Å². The van der Waals surface area contributed by atoms with E-state index in [1.807, 2.05) is 0 Å². The zero-order valence-corrected chi connectivity index (χ0v) is 7.90. The number of aromatic amines is 1. The Bertz CT molecular complexity index is 358. The maximum atomic E-state index is 12.8. The SMILES string of the molecule is Cc1cc(CC(F)(F)C(=O)O)c(C)[nH]1. The lowest BCUT2D eigenvalue weighted by atomic mass is 10.1. The van der Waals surface area contributed by atoms with Crippen LogP contribution >= 0.6 is 0 Å². The van der Waals surface area contributed by atoms with Gasteiger partial charge in [0.2, 0.25) is 0 Å². The number of halogens is 2. The minimum Gasteiger partial charge on any atom is -0.477 e. The van der Waals surface area contributed by atoms with Gasteiger partial charge in [0.25, 0.3) is 0 Å². The first-order valence-corrected chi connectivity index (χ1v) is 4.09. The highest BCUT2D eigenvalue weighted by molar-refractivity contribution is 5.75. The number of aryl methyl sites for hydroxylation is 2. The van der Waals surface area contributed by atoms with E-state index in [4.69, 9.17) is 5.11 Å².